The van der Waals surface area contributed by atoms with Crippen molar-refractivity contribution >= 4 is 11.7 Å². The second-order valence-electron chi connectivity index (χ2n) is 11.1. The Bertz CT molecular complexity index is 965. The number of hydrogen-bond donors (Lipinski definition) is 6. The van der Waals surface area contributed by atoms with Gasteiger partial charge >= 0.3 is 0 Å². The molecule has 3 rings (SSSR count). The van der Waals surface area contributed by atoms with Gasteiger partial charge in [-0.05, 0) is 11.0 Å². The molecule has 0 aliphatic carbocycles. The lowest BCUT2D eigenvalue weighted by Gasteiger charge is -2.47. The topological polar surface area (TPSA) is 184 Å². The number of methoxy groups -OCH3 is 1. The van der Waals surface area contributed by atoms with E-state index in [1.165, 1.54) is 14.0 Å². The van der Waals surface area contributed by atoms with E-state index in [1.54, 1.807) is 12.1 Å². The predicted octanol–water partition coefficient (Wildman–Crippen LogP) is -0.773. The summed E-state index contributed by atoms with van der Waals surface area (Å²) in [5, 5.41) is 55.1. The molecule has 39 heavy (non-hydrogen) atoms. The van der Waals surface area contributed by atoms with Crippen LogP contribution in [0.3, 0.4) is 0 Å². The van der Waals surface area contributed by atoms with Crippen molar-refractivity contribution in [2.45, 2.75) is 94.8 Å². The van der Waals surface area contributed by atoms with Crippen molar-refractivity contribution in [3.63, 3.8) is 0 Å². The second-order valence-corrected chi connectivity index (χ2v) is 11.1. The van der Waals surface area contributed by atoms with E-state index < -0.39 is 80.3 Å². The number of carbonyl (C=O) groups excluding carboxylic acids is 2. The molecule has 0 saturated carbocycles. The van der Waals surface area contributed by atoms with E-state index in [0.717, 1.165) is 5.56 Å². The minimum atomic E-state index is -1.55. The van der Waals surface area contributed by atoms with E-state index in [2.05, 4.69) is 26.1 Å². The Morgan fingerprint density at radius 1 is 0.923 bits per heavy atom. The summed E-state index contributed by atoms with van der Waals surface area (Å²) in [7, 11) is 1.31. The average molecular weight is 556 g/mol. The summed E-state index contributed by atoms with van der Waals surface area (Å²) in [5.74, 6) is -1.89. The number of aliphatic hydroxyl groups is 5. The maximum absolute atomic E-state index is 13.1. The lowest BCUT2D eigenvalue weighted by atomic mass is 9.83. The van der Waals surface area contributed by atoms with Gasteiger partial charge in [-0.25, -0.2) is 0 Å². The van der Waals surface area contributed by atoms with Crippen molar-refractivity contribution < 1.29 is 54.1 Å². The van der Waals surface area contributed by atoms with E-state index in [9.17, 15) is 35.1 Å². The fourth-order valence-electron chi connectivity index (χ4n) is 4.99. The van der Waals surface area contributed by atoms with Gasteiger partial charge in [0, 0.05) is 31.9 Å². The first kappa shape index (κ1) is 31.5. The smallest absolute Gasteiger partial charge is 0.217 e. The first-order chi connectivity index (χ1) is 18.3. The highest BCUT2D eigenvalue weighted by molar-refractivity contribution is 5.96. The van der Waals surface area contributed by atoms with Gasteiger partial charge in [0.15, 0.2) is 18.4 Å². The maximum atomic E-state index is 13.1. The molecule has 2 fully saturated rings. The molecule has 0 aromatic heterocycles. The Hall–Kier alpha value is -2.00. The molecule has 1 amide bonds. The standard InChI is InChI=1S/C27H41NO11/c1-13(31)28-20-23(35)24(19(12-30)38-25(20)36-5)39-26-22(34)16(21(33)18(11-29)37-26)10-17(32)14-6-8-15(9-7-14)27(2,3)4/h6-9,16,18-26,29-30,33-35H,10-12H2,1-5H3,(H,28,31)/t16-,18?,19?,20?,21+,22?,23+,24+,25+,26-/m0/s1. The SMILES string of the molecule is CO[C@@H]1OC(CO)[C@@H](O[C@@H]2OC(CO)[C@H](O)[C@H](CC(=O)c3ccc(C(C)(C)C)cc3)C2O)[C@H](O)C1NC(C)=O. The number of Topliss-reactive ketones (excluding diaryl/α,β-unsaturated/α-hetero) is 1. The van der Waals surface area contributed by atoms with Crippen LogP contribution in [0.15, 0.2) is 24.3 Å². The lowest BCUT2D eigenvalue weighted by molar-refractivity contribution is -0.341. The molecular weight excluding hydrogens is 514 g/mol. The minimum absolute atomic E-state index is 0.102. The molecule has 0 radical (unpaired) electrons. The van der Waals surface area contributed by atoms with Crippen molar-refractivity contribution in [1.82, 2.24) is 5.32 Å². The zero-order valence-electron chi connectivity index (χ0n) is 22.9. The summed E-state index contributed by atoms with van der Waals surface area (Å²) >= 11 is 0. The number of carbonyl (C=O) groups is 2. The fraction of sp³-hybridized carbons (Fsp3) is 0.704. The van der Waals surface area contributed by atoms with Crippen molar-refractivity contribution in [3.05, 3.63) is 35.4 Å². The number of nitrogens with one attached hydrogen (secondary N) is 1. The molecule has 4 unspecified atom stereocenters. The van der Waals surface area contributed by atoms with E-state index in [4.69, 9.17) is 18.9 Å². The highest BCUT2D eigenvalue weighted by atomic mass is 16.7. The third kappa shape index (κ3) is 7.20. The van der Waals surface area contributed by atoms with Crippen LogP contribution in [0.5, 0.6) is 0 Å². The number of benzene rings is 1. The third-order valence-electron chi connectivity index (χ3n) is 7.27. The normalized spacial score (nSPS) is 35.4. The maximum Gasteiger partial charge on any atom is 0.217 e. The summed E-state index contributed by atoms with van der Waals surface area (Å²) in [6.07, 6.45) is -10.9. The Morgan fingerprint density at radius 3 is 2.03 bits per heavy atom. The Labute approximate surface area is 227 Å². The number of ether oxygens (including phenoxy) is 4. The summed E-state index contributed by atoms with van der Waals surface area (Å²) < 4.78 is 22.3. The molecule has 12 nitrogen and oxygen atoms in total. The molecule has 1 aromatic rings. The molecule has 1 aromatic carbocycles. The van der Waals surface area contributed by atoms with Gasteiger partial charge in [-0.2, -0.15) is 0 Å². The molecular formula is C27H41NO11. The van der Waals surface area contributed by atoms with Crippen LogP contribution in [-0.4, -0.2) is 113 Å². The first-order valence-corrected chi connectivity index (χ1v) is 13.0. The largest absolute Gasteiger partial charge is 0.394 e. The number of amides is 1. The molecule has 10 atom stereocenters. The molecule has 220 valence electrons. The van der Waals surface area contributed by atoms with Crippen LogP contribution in [0.1, 0.15) is 50.0 Å². The molecule has 12 heteroatoms. The Morgan fingerprint density at radius 2 is 1.51 bits per heavy atom. The van der Waals surface area contributed by atoms with Crippen LogP contribution in [0.25, 0.3) is 0 Å². The number of aliphatic hydroxyl groups excluding tert-OH is 5. The van der Waals surface area contributed by atoms with Crippen LogP contribution >= 0.6 is 0 Å². The van der Waals surface area contributed by atoms with Gasteiger partial charge in [0.25, 0.3) is 0 Å². The van der Waals surface area contributed by atoms with Gasteiger partial charge in [0.05, 0.1) is 19.3 Å². The van der Waals surface area contributed by atoms with Crippen LogP contribution < -0.4 is 5.32 Å². The molecule has 6 N–H and O–H groups in total. The van der Waals surface area contributed by atoms with Crippen LogP contribution in [0.2, 0.25) is 0 Å². The van der Waals surface area contributed by atoms with E-state index in [-0.39, 0.29) is 17.6 Å². The van der Waals surface area contributed by atoms with Gasteiger partial charge in [-0.15, -0.1) is 0 Å². The zero-order chi connectivity index (χ0) is 29.1. The number of hydrogen-bond acceptors (Lipinski definition) is 11. The monoisotopic (exact) mass is 555 g/mol. The highest BCUT2D eigenvalue weighted by Crippen LogP contribution is 2.34. The molecule has 2 saturated heterocycles. The van der Waals surface area contributed by atoms with Gasteiger partial charge in [-0.1, -0.05) is 45.0 Å². The van der Waals surface area contributed by atoms with Crippen LogP contribution in [0.4, 0.5) is 0 Å². The summed E-state index contributed by atoms with van der Waals surface area (Å²) in [5.41, 5.74) is 1.33. The van der Waals surface area contributed by atoms with Gasteiger partial charge in [0.2, 0.25) is 5.91 Å². The van der Waals surface area contributed by atoms with Crippen molar-refractivity contribution in [2.24, 2.45) is 5.92 Å². The van der Waals surface area contributed by atoms with E-state index in [0.29, 0.717) is 5.56 Å². The summed E-state index contributed by atoms with van der Waals surface area (Å²) in [4.78, 5) is 24.8. The first-order valence-electron chi connectivity index (χ1n) is 13.0. The minimum Gasteiger partial charge on any atom is -0.394 e. The van der Waals surface area contributed by atoms with Crippen LogP contribution in [-0.2, 0) is 29.2 Å². The summed E-state index contributed by atoms with van der Waals surface area (Å²) in [6, 6.07) is 6.01. The molecule has 2 aliphatic rings. The van der Waals surface area contributed by atoms with Gasteiger partial charge in [0.1, 0.15) is 36.6 Å². The number of ketones is 1. The van der Waals surface area contributed by atoms with E-state index in [1.807, 2.05) is 12.1 Å². The average Bonchev–Trinajstić information content (AvgIpc) is 2.89. The van der Waals surface area contributed by atoms with Gasteiger partial charge in [-0.3, -0.25) is 9.59 Å². The summed E-state index contributed by atoms with van der Waals surface area (Å²) in [6.45, 7) is 6.17. The van der Waals surface area contributed by atoms with Crippen molar-refractivity contribution in [1.29, 1.82) is 0 Å². The van der Waals surface area contributed by atoms with Crippen molar-refractivity contribution in [3.8, 4) is 0 Å². The quantitative estimate of drug-likeness (QED) is 0.210. The fourth-order valence-corrected chi connectivity index (χ4v) is 4.99. The highest BCUT2D eigenvalue weighted by Gasteiger charge is 2.51. The molecule has 2 aliphatic heterocycles. The molecule has 2 heterocycles. The van der Waals surface area contributed by atoms with Crippen molar-refractivity contribution in [2.75, 3.05) is 20.3 Å². The Kier molecular flexibility index (Phi) is 10.6. The second kappa shape index (κ2) is 13.1. The molecule has 0 spiro atoms. The van der Waals surface area contributed by atoms with Gasteiger partial charge < -0.3 is 49.8 Å². The lowest BCUT2D eigenvalue weighted by Crippen LogP contribution is -2.67. The van der Waals surface area contributed by atoms with E-state index >= 15 is 0 Å². The predicted molar refractivity (Wildman–Crippen MR) is 137 cm³/mol. The third-order valence-corrected chi connectivity index (χ3v) is 7.27. The van der Waals surface area contributed by atoms with Crippen LogP contribution in [0, 0.1) is 5.92 Å². The number of rotatable bonds is 9. The zero-order valence-corrected chi connectivity index (χ0v) is 22.9. The Balaban J connectivity index is 1.80. The molecule has 0 bridgehead atoms.